The van der Waals surface area contributed by atoms with E-state index in [9.17, 15) is 14.9 Å². The van der Waals surface area contributed by atoms with E-state index < -0.39 is 9.75 Å². The highest BCUT2D eigenvalue weighted by molar-refractivity contribution is 9.10. The number of benzene rings is 1. The molecule has 15 heavy (non-hydrogen) atoms. The fourth-order valence-electron chi connectivity index (χ4n) is 1.11. The summed E-state index contributed by atoms with van der Waals surface area (Å²) >= 11 is 8.73. The number of halogens is 2. The quantitative estimate of drug-likeness (QED) is 0.372. The van der Waals surface area contributed by atoms with Crippen molar-refractivity contribution in [1.82, 2.24) is 0 Å². The molecule has 0 N–H and O–H groups in total. The molecule has 0 heterocycles. The lowest BCUT2D eigenvalue weighted by Crippen LogP contribution is -2.12. The van der Waals surface area contributed by atoms with Crippen molar-refractivity contribution in [3.63, 3.8) is 0 Å². The minimum Gasteiger partial charge on any atom is -0.293 e. The zero-order valence-electron chi connectivity index (χ0n) is 7.74. The Labute approximate surface area is 99.5 Å². The number of nitro groups is 1. The van der Waals surface area contributed by atoms with Crippen molar-refractivity contribution in [3.8, 4) is 0 Å². The molecule has 0 radical (unpaired) electrons. The van der Waals surface area contributed by atoms with Gasteiger partial charge in [-0.1, -0.05) is 33.6 Å². The summed E-state index contributed by atoms with van der Waals surface area (Å²) in [6.45, 7) is 1.60. The van der Waals surface area contributed by atoms with Gasteiger partial charge in [0.1, 0.15) is 5.02 Å². The number of Topliss-reactive ketones (excluding diaryl/α,β-unsaturated/α-hetero) is 1. The fraction of sp³-hybridized carbons (Fsp3) is 0.222. The van der Waals surface area contributed by atoms with Crippen LogP contribution < -0.4 is 0 Å². The summed E-state index contributed by atoms with van der Waals surface area (Å²) in [5, 5.41) is 10.7. The van der Waals surface area contributed by atoms with Crippen molar-refractivity contribution in [2.45, 2.75) is 11.8 Å². The van der Waals surface area contributed by atoms with E-state index in [-0.39, 0.29) is 22.1 Å². The van der Waals surface area contributed by atoms with Gasteiger partial charge < -0.3 is 0 Å². The van der Waals surface area contributed by atoms with Crippen molar-refractivity contribution in [3.05, 3.63) is 38.9 Å². The van der Waals surface area contributed by atoms with Gasteiger partial charge in [-0.25, -0.2) is 0 Å². The SMILES string of the molecule is CC(Br)C(=O)c1cccc(Cl)c1[N+](=O)[O-]. The molecule has 0 aliphatic rings. The maximum atomic E-state index is 11.6. The number of nitro benzene ring substituents is 1. The Morgan fingerprint density at radius 3 is 2.67 bits per heavy atom. The molecule has 0 spiro atoms. The van der Waals surface area contributed by atoms with E-state index in [0.29, 0.717) is 0 Å². The first-order valence-electron chi connectivity index (χ1n) is 4.06. The minimum atomic E-state index is -0.648. The van der Waals surface area contributed by atoms with E-state index in [2.05, 4.69) is 15.9 Å². The van der Waals surface area contributed by atoms with Gasteiger partial charge >= 0.3 is 0 Å². The topological polar surface area (TPSA) is 60.2 Å². The monoisotopic (exact) mass is 291 g/mol. The molecule has 80 valence electrons. The first-order chi connectivity index (χ1) is 6.95. The molecule has 1 atom stereocenters. The number of hydrogen-bond acceptors (Lipinski definition) is 3. The molecule has 0 fully saturated rings. The Bertz CT molecular complexity index is 420. The Balaban J connectivity index is 3.35. The van der Waals surface area contributed by atoms with Crippen LogP contribution in [0, 0.1) is 10.1 Å². The van der Waals surface area contributed by atoms with Gasteiger partial charge in [0.2, 0.25) is 0 Å². The molecule has 1 aromatic rings. The summed E-state index contributed by atoms with van der Waals surface area (Å²) in [5.41, 5.74) is -0.313. The van der Waals surface area contributed by atoms with Gasteiger partial charge in [0.15, 0.2) is 5.78 Å². The maximum absolute atomic E-state index is 11.6. The van der Waals surface area contributed by atoms with Crippen LogP contribution in [0.1, 0.15) is 17.3 Å². The van der Waals surface area contributed by atoms with E-state index >= 15 is 0 Å². The normalized spacial score (nSPS) is 12.2. The highest BCUT2D eigenvalue weighted by Crippen LogP contribution is 2.29. The largest absolute Gasteiger partial charge is 0.298 e. The molecule has 0 aliphatic heterocycles. The summed E-state index contributed by atoms with van der Waals surface area (Å²) in [7, 11) is 0. The maximum Gasteiger partial charge on any atom is 0.298 e. The highest BCUT2D eigenvalue weighted by Gasteiger charge is 2.25. The first kappa shape index (κ1) is 12.1. The van der Waals surface area contributed by atoms with Crippen LogP contribution >= 0.6 is 27.5 Å². The predicted octanol–water partition coefficient (Wildman–Crippen LogP) is 3.21. The van der Waals surface area contributed by atoms with Gasteiger partial charge in [0, 0.05) is 0 Å². The molecule has 0 aromatic heterocycles. The molecule has 1 rings (SSSR count). The van der Waals surface area contributed by atoms with Crippen LogP contribution in [-0.2, 0) is 0 Å². The molecule has 0 amide bonds. The second-order valence-corrected chi connectivity index (χ2v) is 4.65. The van der Waals surface area contributed by atoms with Crippen molar-refractivity contribution in [2.24, 2.45) is 0 Å². The van der Waals surface area contributed by atoms with Crippen LogP contribution in [0.5, 0.6) is 0 Å². The number of para-hydroxylation sites is 1. The molecule has 1 aromatic carbocycles. The van der Waals surface area contributed by atoms with Gasteiger partial charge in [-0.2, -0.15) is 0 Å². The molecule has 0 saturated carbocycles. The van der Waals surface area contributed by atoms with E-state index in [1.54, 1.807) is 6.92 Å². The number of hydrogen-bond donors (Lipinski definition) is 0. The van der Waals surface area contributed by atoms with Crippen LogP contribution in [0.3, 0.4) is 0 Å². The summed E-state index contributed by atoms with van der Waals surface area (Å²) < 4.78 is 0. The third kappa shape index (κ3) is 2.54. The first-order valence-corrected chi connectivity index (χ1v) is 5.35. The zero-order valence-corrected chi connectivity index (χ0v) is 10.1. The van der Waals surface area contributed by atoms with Gasteiger partial charge in [-0.3, -0.25) is 14.9 Å². The van der Waals surface area contributed by atoms with E-state index in [4.69, 9.17) is 11.6 Å². The average molecular weight is 293 g/mol. The standard InChI is InChI=1S/C9H7BrClNO3/c1-5(10)9(13)6-3-2-4-7(11)8(6)12(14)15/h2-5H,1H3. The molecule has 4 nitrogen and oxygen atoms in total. The number of carbonyl (C=O) groups is 1. The lowest BCUT2D eigenvalue weighted by atomic mass is 10.1. The Kier molecular flexibility index (Phi) is 3.82. The number of ketones is 1. The lowest BCUT2D eigenvalue weighted by molar-refractivity contribution is -0.385. The van der Waals surface area contributed by atoms with Crippen molar-refractivity contribution >= 4 is 39.0 Å². The van der Waals surface area contributed by atoms with Crippen LogP contribution in [0.25, 0.3) is 0 Å². The van der Waals surface area contributed by atoms with Crippen molar-refractivity contribution in [1.29, 1.82) is 0 Å². The molecule has 1 unspecified atom stereocenters. The number of alkyl halides is 1. The van der Waals surface area contributed by atoms with Gasteiger partial charge in [0.05, 0.1) is 15.3 Å². The highest BCUT2D eigenvalue weighted by atomic mass is 79.9. The minimum absolute atomic E-state index is 0.0249. The summed E-state index contributed by atoms with van der Waals surface area (Å²) in [5.74, 6) is -0.357. The third-order valence-corrected chi connectivity index (χ3v) is 2.52. The molecular formula is C9H7BrClNO3. The lowest BCUT2D eigenvalue weighted by Gasteiger charge is -2.04. The molecule has 6 heteroatoms. The Morgan fingerprint density at radius 1 is 1.60 bits per heavy atom. The van der Waals surface area contributed by atoms with E-state index in [1.165, 1.54) is 18.2 Å². The zero-order chi connectivity index (χ0) is 11.6. The predicted molar refractivity (Wildman–Crippen MR) is 60.8 cm³/mol. The van der Waals surface area contributed by atoms with E-state index in [0.717, 1.165) is 0 Å². The van der Waals surface area contributed by atoms with Crippen molar-refractivity contribution in [2.75, 3.05) is 0 Å². The third-order valence-electron chi connectivity index (χ3n) is 1.80. The second kappa shape index (κ2) is 4.72. The fourth-order valence-corrected chi connectivity index (χ4v) is 1.60. The van der Waals surface area contributed by atoms with Crippen LogP contribution in [-0.4, -0.2) is 15.5 Å². The molecule has 0 bridgehead atoms. The van der Waals surface area contributed by atoms with Gasteiger partial charge in [-0.05, 0) is 19.1 Å². The van der Waals surface area contributed by atoms with Crippen LogP contribution in [0.4, 0.5) is 5.69 Å². The number of rotatable bonds is 3. The summed E-state index contributed by atoms with van der Waals surface area (Å²) in [4.78, 5) is 21.2. The van der Waals surface area contributed by atoms with Gasteiger partial charge in [0.25, 0.3) is 5.69 Å². The summed E-state index contributed by atoms with van der Waals surface area (Å²) in [6, 6.07) is 4.29. The number of carbonyl (C=O) groups excluding carboxylic acids is 1. The van der Waals surface area contributed by atoms with Crippen LogP contribution in [0.15, 0.2) is 18.2 Å². The average Bonchev–Trinajstić information content (AvgIpc) is 2.15. The molecular weight excluding hydrogens is 285 g/mol. The Morgan fingerprint density at radius 2 is 2.20 bits per heavy atom. The Hall–Kier alpha value is -0.940. The van der Waals surface area contributed by atoms with E-state index in [1.807, 2.05) is 0 Å². The smallest absolute Gasteiger partial charge is 0.293 e. The van der Waals surface area contributed by atoms with Gasteiger partial charge in [-0.15, -0.1) is 0 Å². The molecule has 0 aliphatic carbocycles. The summed E-state index contributed by atoms with van der Waals surface area (Å²) in [6.07, 6.45) is 0. The van der Waals surface area contributed by atoms with Crippen LogP contribution in [0.2, 0.25) is 5.02 Å². The van der Waals surface area contributed by atoms with Crippen molar-refractivity contribution < 1.29 is 9.72 Å². The molecule has 0 saturated heterocycles. The second-order valence-electron chi connectivity index (χ2n) is 2.87. The number of nitrogens with zero attached hydrogens (tertiary/aromatic N) is 1.